The molecule has 0 radical (unpaired) electrons. The molecule has 2 fully saturated rings. The second kappa shape index (κ2) is 5.27. The quantitative estimate of drug-likeness (QED) is 0.801. The molecule has 2 heteroatoms. The van der Waals surface area contributed by atoms with Crippen LogP contribution in [0.1, 0.15) is 52.9 Å². The monoisotopic (exact) mass is 239 g/mol. The molecule has 1 aliphatic heterocycles. The number of nitrogens with zero attached hydrogens (tertiary/aromatic N) is 1. The molecule has 1 N–H and O–H groups in total. The molecule has 1 saturated heterocycles. The molecule has 100 valence electrons. The Morgan fingerprint density at radius 3 is 2.76 bits per heavy atom. The molecule has 2 nitrogen and oxygen atoms in total. The van der Waals surface area contributed by atoms with Gasteiger partial charge in [-0.05, 0) is 55.9 Å². The third-order valence-corrected chi connectivity index (χ3v) is 4.71. The van der Waals surface area contributed by atoms with E-state index in [2.05, 4.69) is 25.7 Å². The van der Waals surface area contributed by atoms with Crippen molar-refractivity contribution in [2.45, 2.75) is 59.0 Å². The maximum atomic E-state index is 10.2. The standard InChI is InChI=1S/C15H29NO/c1-12-5-4-8-16(10-12)11-13-9-15(2,3)7-6-14(13)17/h12-14,17H,4-11H2,1-3H3. The molecule has 1 aliphatic carbocycles. The van der Waals surface area contributed by atoms with Crippen LogP contribution in [-0.2, 0) is 0 Å². The predicted molar refractivity (Wildman–Crippen MR) is 72.0 cm³/mol. The Morgan fingerprint density at radius 1 is 1.29 bits per heavy atom. The van der Waals surface area contributed by atoms with Gasteiger partial charge in [0.25, 0.3) is 0 Å². The second-order valence-corrected chi connectivity index (χ2v) is 7.24. The van der Waals surface area contributed by atoms with Crippen LogP contribution in [0.5, 0.6) is 0 Å². The molecule has 3 unspecified atom stereocenters. The molecular formula is C15H29NO. The van der Waals surface area contributed by atoms with Crippen LogP contribution in [0.15, 0.2) is 0 Å². The highest BCUT2D eigenvalue weighted by Crippen LogP contribution is 2.39. The average molecular weight is 239 g/mol. The second-order valence-electron chi connectivity index (χ2n) is 7.24. The number of piperidine rings is 1. The Balaban J connectivity index is 1.88. The molecule has 0 aromatic heterocycles. The topological polar surface area (TPSA) is 23.5 Å². The zero-order chi connectivity index (χ0) is 12.5. The Hall–Kier alpha value is -0.0800. The summed E-state index contributed by atoms with van der Waals surface area (Å²) in [6.45, 7) is 10.7. The van der Waals surface area contributed by atoms with Crippen LogP contribution < -0.4 is 0 Å². The summed E-state index contributed by atoms with van der Waals surface area (Å²) < 4.78 is 0. The van der Waals surface area contributed by atoms with E-state index < -0.39 is 0 Å². The van der Waals surface area contributed by atoms with Crippen molar-refractivity contribution in [3.05, 3.63) is 0 Å². The first-order valence-corrected chi connectivity index (χ1v) is 7.37. The Morgan fingerprint density at radius 2 is 2.06 bits per heavy atom. The average Bonchev–Trinajstić information content (AvgIpc) is 2.23. The van der Waals surface area contributed by atoms with E-state index in [0.29, 0.717) is 11.3 Å². The van der Waals surface area contributed by atoms with Gasteiger partial charge in [0.05, 0.1) is 6.10 Å². The molecule has 0 amide bonds. The van der Waals surface area contributed by atoms with Gasteiger partial charge in [0, 0.05) is 13.1 Å². The first kappa shape index (κ1) is 13.4. The van der Waals surface area contributed by atoms with Gasteiger partial charge in [-0.1, -0.05) is 20.8 Å². The summed E-state index contributed by atoms with van der Waals surface area (Å²) in [7, 11) is 0. The van der Waals surface area contributed by atoms with Crippen LogP contribution in [0.2, 0.25) is 0 Å². The van der Waals surface area contributed by atoms with E-state index in [9.17, 15) is 5.11 Å². The van der Waals surface area contributed by atoms with Crippen molar-refractivity contribution >= 4 is 0 Å². The van der Waals surface area contributed by atoms with Crippen LogP contribution in [-0.4, -0.2) is 35.7 Å². The molecule has 2 aliphatic rings. The largest absolute Gasteiger partial charge is 0.393 e. The highest BCUT2D eigenvalue weighted by atomic mass is 16.3. The van der Waals surface area contributed by atoms with Gasteiger partial charge in [-0.15, -0.1) is 0 Å². The maximum absolute atomic E-state index is 10.2. The first-order chi connectivity index (χ1) is 7.96. The van der Waals surface area contributed by atoms with E-state index in [-0.39, 0.29) is 6.10 Å². The summed E-state index contributed by atoms with van der Waals surface area (Å²) in [4.78, 5) is 2.59. The molecule has 1 heterocycles. The van der Waals surface area contributed by atoms with Crippen LogP contribution in [0.25, 0.3) is 0 Å². The SMILES string of the molecule is CC1CCCN(CC2CC(C)(C)CCC2O)C1. The molecule has 3 atom stereocenters. The molecule has 0 aromatic rings. The van der Waals surface area contributed by atoms with Crippen molar-refractivity contribution in [3.8, 4) is 0 Å². The zero-order valence-corrected chi connectivity index (χ0v) is 11.8. The van der Waals surface area contributed by atoms with E-state index in [0.717, 1.165) is 18.9 Å². The van der Waals surface area contributed by atoms with Crippen molar-refractivity contribution in [1.29, 1.82) is 0 Å². The normalized spacial score (nSPS) is 39.2. The third kappa shape index (κ3) is 3.69. The summed E-state index contributed by atoms with van der Waals surface area (Å²) in [5, 5.41) is 10.2. The van der Waals surface area contributed by atoms with Gasteiger partial charge < -0.3 is 10.0 Å². The number of aliphatic hydroxyl groups excluding tert-OH is 1. The van der Waals surface area contributed by atoms with Crippen LogP contribution in [0.4, 0.5) is 0 Å². The summed E-state index contributed by atoms with van der Waals surface area (Å²) in [5.74, 6) is 1.35. The summed E-state index contributed by atoms with van der Waals surface area (Å²) in [6.07, 6.45) is 6.05. The van der Waals surface area contributed by atoms with Crippen molar-refractivity contribution in [2.75, 3.05) is 19.6 Å². The van der Waals surface area contributed by atoms with E-state index in [1.54, 1.807) is 0 Å². The molecule has 0 spiro atoms. The van der Waals surface area contributed by atoms with Gasteiger partial charge in [-0.25, -0.2) is 0 Å². The van der Waals surface area contributed by atoms with Crippen LogP contribution in [0.3, 0.4) is 0 Å². The number of likely N-dealkylation sites (tertiary alicyclic amines) is 1. The third-order valence-electron chi connectivity index (χ3n) is 4.71. The number of hydrogen-bond donors (Lipinski definition) is 1. The zero-order valence-electron chi connectivity index (χ0n) is 11.8. The fourth-order valence-corrected chi connectivity index (χ4v) is 3.69. The Labute approximate surface area is 106 Å². The van der Waals surface area contributed by atoms with Crippen LogP contribution in [0, 0.1) is 17.3 Å². The molecule has 2 rings (SSSR count). The van der Waals surface area contributed by atoms with Gasteiger partial charge in [-0.2, -0.15) is 0 Å². The fourth-order valence-electron chi connectivity index (χ4n) is 3.69. The van der Waals surface area contributed by atoms with Gasteiger partial charge in [0.1, 0.15) is 0 Å². The van der Waals surface area contributed by atoms with Crippen LogP contribution >= 0.6 is 0 Å². The highest BCUT2D eigenvalue weighted by Gasteiger charge is 2.35. The van der Waals surface area contributed by atoms with Crippen molar-refractivity contribution in [1.82, 2.24) is 4.90 Å². The maximum Gasteiger partial charge on any atom is 0.0581 e. The lowest BCUT2D eigenvalue weighted by Crippen LogP contribution is -2.44. The first-order valence-electron chi connectivity index (χ1n) is 7.37. The van der Waals surface area contributed by atoms with Gasteiger partial charge in [-0.3, -0.25) is 0 Å². The molecular weight excluding hydrogens is 210 g/mol. The lowest BCUT2D eigenvalue weighted by molar-refractivity contribution is -0.00139. The van der Waals surface area contributed by atoms with E-state index in [4.69, 9.17) is 0 Å². The van der Waals surface area contributed by atoms with E-state index in [1.165, 1.54) is 38.8 Å². The Bertz CT molecular complexity index is 251. The minimum absolute atomic E-state index is 0.0553. The number of hydrogen-bond acceptors (Lipinski definition) is 2. The van der Waals surface area contributed by atoms with E-state index >= 15 is 0 Å². The number of rotatable bonds is 2. The summed E-state index contributed by atoms with van der Waals surface area (Å²) in [6, 6.07) is 0. The van der Waals surface area contributed by atoms with E-state index in [1.807, 2.05) is 0 Å². The Kier molecular flexibility index (Phi) is 4.14. The molecule has 17 heavy (non-hydrogen) atoms. The van der Waals surface area contributed by atoms with Gasteiger partial charge in [0.2, 0.25) is 0 Å². The van der Waals surface area contributed by atoms with Crippen molar-refractivity contribution in [2.24, 2.45) is 17.3 Å². The lowest BCUT2D eigenvalue weighted by Gasteiger charge is -2.42. The predicted octanol–water partition coefficient (Wildman–Crippen LogP) is 2.91. The highest BCUT2D eigenvalue weighted by molar-refractivity contribution is 4.87. The summed E-state index contributed by atoms with van der Waals surface area (Å²) >= 11 is 0. The fraction of sp³-hybridized carbons (Fsp3) is 1.00. The summed E-state index contributed by atoms with van der Waals surface area (Å²) in [5.41, 5.74) is 0.436. The lowest BCUT2D eigenvalue weighted by atomic mass is 9.70. The molecule has 1 saturated carbocycles. The smallest absolute Gasteiger partial charge is 0.0581 e. The molecule has 0 aromatic carbocycles. The minimum atomic E-state index is -0.0553. The van der Waals surface area contributed by atoms with Gasteiger partial charge in [0.15, 0.2) is 0 Å². The van der Waals surface area contributed by atoms with Crippen molar-refractivity contribution in [3.63, 3.8) is 0 Å². The van der Waals surface area contributed by atoms with Gasteiger partial charge >= 0.3 is 0 Å². The minimum Gasteiger partial charge on any atom is -0.393 e. The van der Waals surface area contributed by atoms with Crippen molar-refractivity contribution < 1.29 is 5.11 Å². The molecule has 0 bridgehead atoms. The number of aliphatic hydroxyl groups is 1.